The molecule has 0 unspecified atom stereocenters. The maximum atomic E-state index is 6.30. The first-order valence-electron chi connectivity index (χ1n) is 21.0. The van der Waals surface area contributed by atoms with E-state index in [1.165, 1.54) is 0 Å². The maximum absolute atomic E-state index is 6.30. The van der Waals surface area contributed by atoms with Crippen molar-refractivity contribution < 1.29 is 13.3 Å². The molecule has 0 aliphatic rings. The second-order valence-electron chi connectivity index (χ2n) is 15.9. The van der Waals surface area contributed by atoms with Gasteiger partial charge in [0, 0.05) is 49.0 Å². The predicted octanol–water partition coefficient (Wildman–Crippen LogP) is 15.6. The number of hydrogen-bond donors (Lipinski definition) is 0. The molecule has 0 spiro atoms. The zero-order valence-corrected chi connectivity index (χ0v) is 33.6. The van der Waals surface area contributed by atoms with Crippen LogP contribution in [-0.2, 0) is 0 Å². The van der Waals surface area contributed by atoms with Crippen LogP contribution in [-0.4, -0.2) is 15.0 Å². The first-order chi connectivity index (χ1) is 31.2. The summed E-state index contributed by atoms with van der Waals surface area (Å²) < 4.78 is 18.8. The van der Waals surface area contributed by atoms with Gasteiger partial charge in [0.15, 0.2) is 17.5 Å². The summed E-state index contributed by atoms with van der Waals surface area (Å²) >= 11 is 0. The minimum atomic E-state index is 0.562. The fraction of sp³-hybridized carbons (Fsp3) is 0. The van der Waals surface area contributed by atoms with E-state index in [4.69, 9.17) is 28.2 Å². The quantitative estimate of drug-likeness (QED) is 0.166. The Kier molecular flexibility index (Phi) is 7.80. The second-order valence-corrected chi connectivity index (χ2v) is 15.9. The third-order valence-corrected chi connectivity index (χ3v) is 12.2. The minimum absolute atomic E-state index is 0.562. The molecule has 0 saturated carbocycles. The van der Waals surface area contributed by atoms with Gasteiger partial charge in [0.1, 0.15) is 33.5 Å². The van der Waals surface area contributed by atoms with Gasteiger partial charge in [-0.1, -0.05) is 146 Å². The first-order valence-corrected chi connectivity index (χ1v) is 21.0. The molecule has 6 heteroatoms. The highest BCUT2D eigenvalue weighted by Gasteiger charge is 2.21. The van der Waals surface area contributed by atoms with Crippen molar-refractivity contribution in [1.29, 1.82) is 0 Å². The van der Waals surface area contributed by atoms with Crippen LogP contribution >= 0.6 is 0 Å². The summed E-state index contributed by atoms with van der Waals surface area (Å²) in [7, 11) is 0. The third kappa shape index (κ3) is 5.84. The van der Waals surface area contributed by atoms with Gasteiger partial charge in [-0.05, 0) is 88.0 Å². The molecule has 13 aromatic rings. The molecule has 4 heterocycles. The van der Waals surface area contributed by atoms with Crippen LogP contribution in [0.3, 0.4) is 0 Å². The molecular formula is C57H33N3O3. The van der Waals surface area contributed by atoms with Crippen molar-refractivity contribution in [3.8, 4) is 67.5 Å². The summed E-state index contributed by atoms with van der Waals surface area (Å²) in [6.07, 6.45) is 0. The maximum Gasteiger partial charge on any atom is 0.164 e. The highest BCUT2D eigenvalue weighted by molar-refractivity contribution is 6.13. The lowest BCUT2D eigenvalue weighted by atomic mass is 9.96. The van der Waals surface area contributed by atoms with Crippen molar-refractivity contribution in [2.75, 3.05) is 0 Å². The molecule has 9 aromatic carbocycles. The van der Waals surface area contributed by atoms with E-state index in [0.29, 0.717) is 17.5 Å². The second kappa shape index (κ2) is 14.0. The van der Waals surface area contributed by atoms with E-state index in [9.17, 15) is 0 Å². The number of fused-ring (bicyclic) bond motifs is 9. The molecule has 6 nitrogen and oxygen atoms in total. The molecular weight excluding hydrogens is 775 g/mol. The number of benzene rings is 9. The predicted molar refractivity (Wildman–Crippen MR) is 254 cm³/mol. The Labute approximate surface area is 360 Å². The third-order valence-electron chi connectivity index (χ3n) is 12.2. The van der Waals surface area contributed by atoms with Gasteiger partial charge in [0.2, 0.25) is 0 Å². The van der Waals surface area contributed by atoms with E-state index >= 15 is 0 Å². The standard InChI is InChI=1S/C57H33N3O3/c1-4-20-47-41(15-1)42-30-29-39(33-52(42)63-47)38-13-7-11-36(31-38)34-25-27-35(28-26-34)37-12-8-14-40(32-37)55-58-56(45-18-9-23-50-53(45)43-16-2-5-21-48(43)61-50)60-57(59-55)46-19-10-24-51-54(46)44-17-3-6-22-49(44)62-51/h1-33H. The molecule has 13 rings (SSSR count). The number of hydrogen-bond acceptors (Lipinski definition) is 6. The Morgan fingerprint density at radius 1 is 0.238 bits per heavy atom. The zero-order chi connectivity index (χ0) is 41.4. The average molecular weight is 808 g/mol. The van der Waals surface area contributed by atoms with Gasteiger partial charge in [-0.3, -0.25) is 0 Å². The molecule has 0 fully saturated rings. The van der Waals surface area contributed by atoms with E-state index in [0.717, 1.165) is 116 Å². The highest BCUT2D eigenvalue weighted by atomic mass is 16.3. The smallest absolute Gasteiger partial charge is 0.164 e. The monoisotopic (exact) mass is 807 g/mol. The summed E-state index contributed by atoms with van der Waals surface area (Å²) in [6, 6.07) is 68.8. The lowest BCUT2D eigenvalue weighted by Gasteiger charge is -2.11. The summed E-state index contributed by atoms with van der Waals surface area (Å²) in [5.74, 6) is 1.69. The van der Waals surface area contributed by atoms with Gasteiger partial charge < -0.3 is 13.3 Å². The molecule has 63 heavy (non-hydrogen) atoms. The molecule has 0 atom stereocenters. The van der Waals surface area contributed by atoms with E-state index < -0.39 is 0 Å². The Balaban J connectivity index is 0.896. The van der Waals surface area contributed by atoms with Gasteiger partial charge in [-0.15, -0.1) is 0 Å². The van der Waals surface area contributed by atoms with Crippen LogP contribution in [0.1, 0.15) is 0 Å². The molecule has 4 aromatic heterocycles. The van der Waals surface area contributed by atoms with Crippen LogP contribution in [0, 0.1) is 0 Å². The van der Waals surface area contributed by atoms with Crippen LogP contribution in [0.5, 0.6) is 0 Å². The highest BCUT2D eigenvalue weighted by Crippen LogP contribution is 2.40. The van der Waals surface area contributed by atoms with Crippen molar-refractivity contribution in [2.45, 2.75) is 0 Å². The van der Waals surface area contributed by atoms with E-state index in [1.807, 2.05) is 72.8 Å². The number of nitrogens with zero attached hydrogens (tertiary/aromatic N) is 3. The van der Waals surface area contributed by atoms with Crippen LogP contribution in [0.25, 0.3) is 133 Å². The summed E-state index contributed by atoms with van der Waals surface area (Å²) in [5.41, 5.74) is 14.3. The average Bonchev–Trinajstić information content (AvgIpc) is 4.05. The normalized spacial score (nSPS) is 11.8. The molecule has 0 N–H and O–H groups in total. The lowest BCUT2D eigenvalue weighted by molar-refractivity contribution is 0.668. The minimum Gasteiger partial charge on any atom is -0.456 e. The summed E-state index contributed by atoms with van der Waals surface area (Å²) in [4.78, 5) is 15.7. The molecule has 294 valence electrons. The first kappa shape index (κ1) is 35.2. The largest absolute Gasteiger partial charge is 0.456 e. The molecule has 0 radical (unpaired) electrons. The Hall–Kier alpha value is -8.61. The summed E-state index contributed by atoms with van der Waals surface area (Å²) in [5, 5.41) is 6.22. The zero-order valence-electron chi connectivity index (χ0n) is 33.6. The molecule has 0 aliphatic carbocycles. The van der Waals surface area contributed by atoms with Gasteiger partial charge in [-0.2, -0.15) is 0 Å². The fourth-order valence-corrected chi connectivity index (χ4v) is 9.14. The number of para-hydroxylation sites is 3. The number of rotatable bonds is 6. The summed E-state index contributed by atoms with van der Waals surface area (Å²) in [6.45, 7) is 0. The molecule has 0 bridgehead atoms. The SMILES string of the molecule is c1cc(-c2ccc(-c3cccc(-c4nc(-c5cccc6oc7ccccc7c56)nc(-c5cccc6oc7ccccc7c56)n4)c3)cc2)cc(-c2ccc3c(c2)oc2ccccc23)c1. The number of aromatic nitrogens is 3. The Morgan fingerprint density at radius 2 is 0.619 bits per heavy atom. The van der Waals surface area contributed by atoms with Crippen molar-refractivity contribution in [2.24, 2.45) is 0 Å². The van der Waals surface area contributed by atoms with Crippen molar-refractivity contribution in [3.63, 3.8) is 0 Å². The van der Waals surface area contributed by atoms with Gasteiger partial charge in [-0.25, -0.2) is 15.0 Å². The lowest BCUT2D eigenvalue weighted by Crippen LogP contribution is -2.01. The van der Waals surface area contributed by atoms with Gasteiger partial charge >= 0.3 is 0 Å². The number of furan rings is 3. The van der Waals surface area contributed by atoms with Crippen molar-refractivity contribution in [3.05, 3.63) is 200 Å². The van der Waals surface area contributed by atoms with E-state index in [-0.39, 0.29) is 0 Å². The Morgan fingerprint density at radius 3 is 1.21 bits per heavy atom. The van der Waals surface area contributed by atoms with Gasteiger partial charge in [0.05, 0.1) is 0 Å². The van der Waals surface area contributed by atoms with Crippen LogP contribution in [0.15, 0.2) is 213 Å². The van der Waals surface area contributed by atoms with Crippen molar-refractivity contribution in [1.82, 2.24) is 15.0 Å². The van der Waals surface area contributed by atoms with E-state index in [1.54, 1.807) is 0 Å². The molecule has 0 amide bonds. The van der Waals surface area contributed by atoms with E-state index in [2.05, 4.69) is 127 Å². The van der Waals surface area contributed by atoms with Crippen LogP contribution < -0.4 is 0 Å². The molecule has 0 saturated heterocycles. The van der Waals surface area contributed by atoms with Crippen LogP contribution in [0.4, 0.5) is 0 Å². The topological polar surface area (TPSA) is 78.1 Å². The Bertz CT molecular complexity index is 3800. The van der Waals surface area contributed by atoms with Crippen molar-refractivity contribution >= 4 is 65.8 Å². The fourth-order valence-electron chi connectivity index (χ4n) is 9.14. The van der Waals surface area contributed by atoms with Gasteiger partial charge in [0.25, 0.3) is 0 Å². The molecule has 0 aliphatic heterocycles. The van der Waals surface area contributed by atoms with Crippen LogP contribution in [0.2, 0.25) is 0 Å².